The number of unbranched alkanes of at least 4 members (excludes halogenated alkanes) is 2. The van der Waals surface area contributed by atoms with E-state index in [0.29, 0.717) is 35.2 Å². The molecule has 0 saturated carbocycles. The molecule has 0 aliphatic carbocycles. The van der Waals surface area contributed by atoms with Crippen molar-refractivity contribution in [2.45, 2.75) is 32.8 Å². The van der Waals surface area contributed by atoms with Gasteiger partial charge in [0, 0.05) is 12.1 Å². The smallest absolute Gasteiger partial charge is 0.251 e. The van der Waals surface area contributed by atoms with Crippen LogP contribution in [0, 0.1) is 0 Å². The van der Waals surface area contributed by atoms with Gasteiger partial charge in [0.05, 0.1) is 12.1 Å². The quantitative estimate of drug-likeness (QED) is 0.649. The first-order valence-corrected chi connectivity index (χ1v) is 8.86. The minimum absolute atomic E-state index is 0.161. The lowest BCUT2D eigenvalue weighted by Gasteiger charge is -2.14. The van der Waals surface area contributed by atoms with Crippen molar-refractivity contribution < 1.29 is 14.3 Å². The normalized spacial score (nSPS) is 10.4. The molecule has 0 aliphatic heterocycles. The molecule has 0 radical (unpaired) electrons. The molecular weight excluding hydrogens is 338 g/mol. The van der Waals surface area contributed by atoms with E-state index in [2.05, 4.69) is 12.2 Å². The zero-order valence-electron chi connectivity index (χ0n) is 14.7. The number of amides is 1. The first-order valence-electron chi connectivity index (χ1n) is 8.48. The van der Waals surface area contributed by atoms with Gasteiger partial charge in [-0.1, -0.05) is 61.7 Å². The Morgan fingerprint density at radius 2 is 1.92 bits per heavy atom. The number of methoxy groups -OCH3 is 1. The van der Waals surface area contributed by atoms with Crippen LogP contribution >= 0.6 is 11.6 Å². The van der Waals surface area contributed by atoms with Crippen LogP contribution in [0.15, 0.2) is 42.5 Å². The highest BCUT2D eigenvalue weighted by molar-refractivity contribution is 6.32. The molecule has 1 N–H and O–H groups in total. The van der Waals surface area contributed by atoms with Gasteiger partial charge in [0.25, 0.3) is 5.91 Å². The van der Waals surface area contributed by atoms with E-state index in [1.807, 2.05) is 30.3 Å². The van der Waals surface area contributed by atoms with Gasteiger partial charge in [0.2, 0.25) is 0 Å². The maximum Gasteiger partial charge on any atom is 0.251 e. The third-order valence-electron chi connectivity index (χ3n) is 3.78. The number of hydrogen-bond donors (Lipinski definition) is 1. The molecule has 0 bridgehead atoms. The van der Waals surface area contributed by atoms with Crippen molar-refractivity contribution in [1.82, 2.24) is 5.32 Å². The summed E-state index contributed by atoms with van der Waals surface area (Å²) >= 11 is 6.32. The molecule has 2 aromatic carbocycles. The van der Waals surface area contributed by atoms with Crippen LogP contribution in [0.1, 0.15) is 42.1 Å². The lowest BCUT2D eigenvalue weighted by molar-refractivity contribution is 0.0952. The Morgan fingerprint density at radius 3 is 2.60 bits per heavy atom. The van der Waals surface area contributed by atoms with Crippen LogP contribution in [0.25, 0.3) is 0 Å². The van der Waals surface area contributed by atoms with Gasteiger partial charge in [-0.05, 0) is 24.1 Å². The van der Waals surface area contributed by atoms with Gasteiger partial charge >= 0.3 is 0 Å². The number of nitrogens with one attached hydrogen (secondary N) is 1. The third-order valence-corrected chi connectivity index (χ3v) is 4.06. The van der Waals surface area contributed by atoms with Gasteiger partial charge in [-0.15, -0.1) is 0 Å². The first-order chi connectivity index (χ1) is 12.2. The summed E-state index contributed by atoms with van der Waals surface area (Å²) in [5.41, 5.74) is 1.49. The largest absolute Gasteiger partial charge is 0.493 e. The number of carbonyl (C=O) groups excluding carboxylic acids is 1. The Hall–Kier alpha value is -2.20. The second-order valence-corrected chi connectivity index (χ2v) is 6.13. The minimum Gasteiger partial charge on any atom is -0.493 e. The van der Waals surface area contributed by atoms with Gasteiger partial charge in [0.15, 0.2) is 11.5 Å². The maximum atomic E-state index is 12.3. The molecule has 0 heterocycles. The van der Waals surface area contributed by atoms with E-state index < -0.39 is 0 Å². The van der Waals surface area contributed by atoms with Crippen LogP contribution in [-0.2, 0) is 6.61 Å². The third kappa shape index (κ3) is 5.68. The summed E-state index contributed by atoms with van der Waals surface area (Å²) in [4.78, 5) is 12.3. The van der Waals surface area contributed by atoms with Crippen molar-refractivity contribution in [3.8, 4) is 11.5 Å². The Bertz CT molecular complexity index is 689. The van der Waals surface area contributed by atoms with E-state index >= 15 is 0 Å². The first kappa shape index (κ1) is 19.1. The molecule has 0 aliphatic rings. The summed E-state index contributed by atoms with van der Waals surface area (Å²) in [6, 6.07) is 13.1. The Kier molecular flexibility index (Phi) is 7.61. The lowest BCUT2D eigenvalue weighted by atomic mass is 10.1. The number of hydrogen-bond acceptors (Lipinski definition) is 3. The van der Waals surface area contributed by atoms with Crippen molar-refractivity contribution in [2.24, 2.45) is 0 Å². The minimum atomic E-state index is -0.161. The number of carbonyl (C=O) groups is 1. The predicted molar refractivity (Wildman–Crippen MR) is 101 cm³/mol. The fourth-order valence-electron chi connectivity index (χ4n) is 2.40. The fraction of sp³-hybridized carbons (Fsp3) is 0.350. The highest BCUT2D eigenvalue weighted by atomic mass is 35.5. The summed E-state index contributed by atoms with van der Waals surface area (Å²) in [5.74, 6) is 0.726. The van der Waals surface area contributed by atoms with Crippen LogP contribution in [-0.4, -0.2) is 19.6 Å². The molecule has 134 valence electrons. The Morgan fingerprint density at radius 1 is 1.16 bits per heavy atom. The van der Waals surface area contributed by atoms with Crippen LogP contribution < -0.4 is 14.8 Å². The zero-order valence-corrected chi connectivity index (χ0v) is 15.4. The Balaban J connectivity index is 2.07. The summed E-state index contributed by atoms with van der Waals surface area (Å²) in [6.45, 7) is 3.15. The van der Waals surface area contributed by atoms with Crippen molar-refractivity contribution in [1.29, 1.82) is 0 Å². The summed E-state index contributed by atoms with van der Waals surface area (Å²) in [5, 5.41) is 3.25. The zero-order chi connectivity index (χ0) is 18.1. The molecule has 0 unspecified atom stereocenters. The summed E-state index contributed by atoms with van der Waals surface area (Å²) < 4.78 is 11.2. The molecule has 0 aromatic heterocycles. The number of halogens is 1. The van der Waals surface area contributed by atoms with E-state index in [-0.39, 0.29) is 5.91 Å². The molecule has 5 heteroatoms. The molecule has 0 fully saturated rings. The molecule has 0 saturated heterocycles. The molecule has 0 spiro atoms. The van der Waals surface area contributed by atoms with Crippen LogP contribution in [0.4, 0.5) is 0 Å². The van der Waals surface area contributed by atoms with Gasteiger partial charge in [-0.3, -0.25) is 4.79 Å². The predicted octanol–water partition coefficient (Wildman–Crippen LogP) is 4.85. The van der Waals surface area contributed by atoms with Crippen molar-refractivity contribution in [3.05, 3.63) is 58.6 Å². The van der Waals surface area contributed by atoms with E-state index in [4.69, 9.17) is 21.1 Å². The van der Waals surface area contributed by atoms with Gasteiger partial charge in [0.1, 0.15) is 6.61 Å². The number of rotatable bonds is 9. The van der Waals surface area contributed by atoms with Crippen LogP contribution in [0.3, 0.4) is 0 Å². The van der Waals surface area contributed by atoms with E-state index in [1.54, 1.807) is 12.1 Å². The Labute approximate surface area is 154 Å². The van der Waals surface area contributed by atoms with E-state index in [9.17, 15) is 4.79 Å². The summed E-state index contributed by atoms with van der Waals surface area (Å²) in [6.07, 6.45) is 3.17. The molecule has 1 amide bonds. The molecule has 25 heavy (non-hydrogen) atoms. The van der Waals surface area contributed by atoms with Gasteiger partial charge in [-0.2, -0.15) is 0 Å². The standard InChI is InChI=1S/C20H24ClNO3/c1-3-4-8-11-22-20(23)16-12-17(21)19(18(13-16)24-2)25-14-15-9-6-5-7-10-15/h5-7,9-10,12-13H,3-4,8,11,14H2,1-2H3,(H,22,23). The second-order valence-electron chi connectivity index (χ2n) is 5.73. The molecule has 2 rings (SSSR count). The van der Waals surface area contributed by atoms with Crippen molar-refractivity contribution >= 4 is 17.5 Å². The second kappa shape index (κ2) is 9.94. The monoisotopic (exact) mass is 361 g/mol. The molecule has 0 atom stereocenters. The van der Waals surface area contributed by atoms with E-state index in [0.717, 1.165) is 24.8 Å². The van der Waals surface area contributed by atoms with Crippen LogP contribution in [0.5, 0.6) is 11.5 Å². The molecular formula is C20H24ClNO3. The van der Waals surface area contributed by atoms with Crippen molar-refractivity contribution in [3.63, 3.8) is 0 Å². The lowest BCUT2D eigenvalue weighted by Crippen LogP contribution is -2.24. The number of ether oxygens (including phenoxy) is 2. The molecule has 2 aromatic rings. The topological polar surface area (TPSA) is 47.6 Å². The average molecular weight is 362 g/mol. The van der Waals surface area contributed by atoms with Gasteiger partial charge in [-0.25, -0.2) is 0 Å². The van der Waals surface area contributed by atoms with Crippen LogP contribution in [0.2, 0.25) is 5.02 Å². The number of benzene rings is 2. The highest BCUT2D eigenvalue weighted by Gasteiger charge is 2.16. The average Bonchev–Trinajstić information content (AvgIpc) is 2.64. The van der Waals surface area contributed by atoms with Gasteiger partial charge < -0.3 is 14.8 Å². The van der Waals surface area contributed by atoms with E-state index in [1.165, 1.54) is 7.11 Å². The highest BCUT2D eigenvalue weighted by Crippen LogP contribution is 2.37. The SMILES string of the molecule is CCCCCNC(=O)c1cc(Cl)c(OCc2ccccc2)c(OC)c1. The fourth-order valence-corrected chi connectivity index (χ4v) is 2.66. The van der Waals surface area contributed by atoms with Crippen molar-refractivity contribution in [2.75, 3.05) is 13.7 Å². The molecule has 4 nitrogen and oxygen atoms in total. The maximum absolute atomic E-state index is 12.3. The summed E-state index contributed by atoms with van der Waals surface area (Å²) in [7, 11) is 1.53.